The predicted octanol–water partition coefficient (Wildman–Crippen LogP) is 3.89. The molecule has 0 fully saturated rings. The Balaban J connectivity index is 2.21. The van der Waals surface area contributed by atoms with Crippen molar-refractivity contribution in [1.82, 2.24) is 0 Å². The van der Waals surface area contributed by atoms with Crippen LogP contribution in [0.25, 0.3) is 0 Å². The first-order valence-corrected chi connectivity index (χ1v) is 7.62. The average Bonchev–Trinajstić information content (AvgIpc) is 2.53. The van der Waals surface area contributed by atoms with Crippen molar-refractivity contribution in [2.75, 3.05) is 7.11 Å². The van der Waals surface area contributed by atoms with Crippen molar-refractivity contribution >= 4 is 5.97 Å². The molecule has 0 saturated carbocycles. The minimum atomic E-state index is -0.864. The van der Waals surface area contributed by atoms with Gasteiger partial charge in [-0.25, -0.2) is 0 Å². The van der Waals surface area contributed by atoms with Crippen molar-refractivity contribution in [2.45, 2.75) is 32.3 Å². The maximum atomic E-state index is 11.7. The Labute approximate surface area is 136 Å². The number of para-hydroxylation sites is 1. The van der Waals surface area contributed by atoms with Gasteiger partial charge in [0.15, 0.2) is 0 Å². The van der Waals surface area contributed by atoms with E-state index in [9.17, 15) is 9.90 Å². The fourth-order valence-electron chi connectivity index (χ4n) is 2.50. The van der Waals surface area contributed by atoms with E-state index < -0.39 is 11.9 Å². The van der Waals surface area contributed by atoms with E-state index in [1.165, 1.54) is 0 Å². The first kappa shape index (κ1) is 16.9. The first-order valence-electron chi connectivity index (χ1n) is 7.62. The monoisotopic (exact) mass is 314 g/mol. The summed E-state index contributed by atoms with van der Waals surface area (Å²) in [7, 11) is 1.55. The largest absolute Gasteiger partial charge is 0.496 e. The number of hydrogen-bond donors (Lipinski definition) is 1. The molecule has 0 saturated heterocycles. The van der Waals surface area contributed by atoms with E-state index in [2.05, 4.69) is 0 Å². The van der Waals surface area contributed by atoms with Crippen LogP contribution in [0.3, 0.4) is 0 Å². The van der Waals surface area contributed by atoms with Gasteiger partial charge >= 0.3 is 5.97 Å². The Morgan fingerprint density at radius 2 is 1.74 bits per heavy atom. The van der Waals surface area contributed by atoms with Crippen LogP contribution in [0.2, 0.25) is 0 Å². The molecule has 0 aliphatic heterocycles. The van der Waals surface area contributed by atoms with Crippen LogP contribution >= 0.6 is 0 Å². The van der Waals surface area contributed by atoms with Gasteiger partial charge < -0.3 is 14.6 Å². The lowest BCUT2D eigenvalue weighted by Gasteiger charge is -2.16. The Hall–Kier alpha value is -2.49. The van der Waals surface area contributed by atoms with E-state index in [0.29, 0.717) is 17.7 Å². The van der Waals surface area contributed by atoms with Gasteiger partial charge in [0.2, 0.25) is 0 Å². The molecule has 2 aromatic rings. The minimum Gasteiger partial charge on any atom is -0.496 e. The van der Waals surface area contributed by atoms with Crippen molar-refractivity contribution in [3.05, 3.63) is 59.7 Å². The van der Waals surface area contributed by atoms with Gasteiger partial charge in [0.05, 0.1) is 19.1 Å². The van der Waals surface area contributed by atoms with Crippen LogP contribution in [0.15, 0.2) is 48.5 Å². The number of rotatable bonds is 7. The summed E-state index contributed by atoms with van der Waals surface area (Å²) in [4.78, 5) is 11.7. The SMILES string of the molecule is COc1ccccc1C(Cc1ccc(OC(C)C)cc1)C(=O)O. The third-order valence-corrected chi connectivity index (χ3v) is 3.55. The summed E-state index contributed by atoms with van der Waals surface area (Å²) in [6.07, 6.45) is 0.513. The molecule has 0 aliphatic carbocycles. The second-order valence-corrected chi connectivity index (χ2v) is 5.65. The summed E-state index contributed by atoms with van der Waals surface area (Å²) < 4.78 is 10.9. The molecule has 1 atom stereocenters. The maximum absolute atomic E-state index is 11.7. The number of ether oxygens (including phenoxy) is 2. The van der Waals surface area contributed by atoms with Gasteiger partial charge in [-0.15, -0.1) is 0 Å². The highest BCUT2D eigenvalue weighted by Gasteiger charge is 2.23. The van der Waals surface area contributed by atoms with E-state index in [4.69, 9.17) is 9.47 Å². The summed E-state index contributed by atoms with van der Waals surface area (Å²) in [5.74, 6) is -0.132. The Morgan fingerprint density at radius 1 is 1.09 bits per heavy atom. The van der Waals surface area contributed by atoms with Crippen LogP contribution in [0.5, 0.6) is 11.5 Å². The van der Waals surface area contributed by atoms with Crippen LogP contribution in [0, 0.1) is 0 Å². The fraction of sp³-hybridized carbons (Fsp3) is 0.316. The number of hydrogen-bond acceptors (Lipinski definition) is 3. The van der Waals surface area contributed by atoms with Crippen molar-refractivity contribution < 1.29 is 19.4 Å². The minimum absolute atomic E-state index is 0.112. The fourth-order valence-corrected chi connectivity index (χ4v) is 2.50. The highest BCUT2D eigenvalue weighted by atomic mass is 16.5. The quantitative estimate of drug-likeness (QED) is 0.842. The standard InChI is InChI=1S/C19H22O4/c1-13(2)23-15-10-8-14(9-11-15)12-17(19(20)21)16-6-4-5-7-18(16)22-3/h4-11,13,17H,12H2,1-3H3,(H,20,21). The van der Waals surface area contributed by atoms with Crippen LogP contribution in [0.4, 0.5) is 0 Å². The van der Waals surface area contributed by atoms with Crippen molar-refractivity contribution in [3.63, 3.8) is 0 Å². The molecular weight excluding hydrogens is 292 g/mol. The zero-order valence-electron chi connectivity index (χ0n) is 13.7. The molecular formula is C19H22O4. The van der Waals surface area contributed by atoms with Gasteiger partial charge in [-0.05, 0) is 44.0 Å². The number of carboxylic acid groups (broad SMARTS) is 1. The lowest BCUT2D eigenvalue weighted by atomic mass is 9.91. The zero-order valence-corrected chi connectivity index (χ0v) is 13.7. The van der Waals surface area contributed by atoms with Crippen molar-refractivity contribution in [3.8, 4) is 11.5 Å². The van der Waals surface area contributed by atoms with Gasteiger partial charge in [0, 0.05) is 5.56 Å². The molecule has 23 heavy (non-hydrogen) atoms. The second-order valence-electron chi connectivity index (χ2n) is 5.65. The summed E-state index contributed by atoms with van der Waals surface area (Å²) in [5.41, 5.74) is 1.63. The summed E-state index contributed by atoms with van der Waals surface area (Å²) in [5, 5.41) is 9.60. The Kier molecular flexibility index (Phi) is 5.63. The van der Waals surface area contributed by atoms with Crippen LogP contribution in [0.1, 0.15) is 30.9 Å². The Morgan fingerprint density at radius 3 is 2.30 bits per heavy atom. The van der Waals surface area contributed by atoms with Crippen molar-refractivity contribution in [1.29, 1.82) is 0 Å². The normalized spacial score (nSPS) is 12.0. The van der Waals surface area contributed by atoms with Crippen LogP contribution in [-0.2, 0) is 11.2 Å². The molecule has 122 valence electrons. The molecule has 0 heterocycles. The maximum Gasteiger partial charge on any atom is 0.311 e. The smallest absolute Gasteiger partial charge is 0.311 e. The molecule has 0 spiro atoms. The molecule has 2 aromatic carbocycles. The lowest BCUT2D eigenvalue weighted by Crippen LogP contribution is -2.15. The summed E-state index contributed by atoms with van der Waals surface area (Å²) in [6, 6.07) is 14.8. The van der Waals surface area contributed by atoms with Gasteiger partial charge in [-0.3, -0.25) is 4.79 Å². The first-order chi connectivity index (χ1) is 11.0. The summed E-state index contributed by atoms with van der Waals surface area (Å²) >= 11 is 0. The zero-order chi connectivity index (χ0) is 16.8. The molecule has 1 N–H and O–H groups in total. The predicted molar refractivity (Wildman–Crippen MR) is 89.3 cm³/mol. The van der Waals surface area contributed by atoms with E-state index >= 15 is 0 Å². The second kappa shape index (κ2) is 7.68. The molecule has 0 radical (unpaired) electrons. The highest BCUT2D eigenvalue weighted by molar-refractivity contribution is 5.77. The topological polar surface area (TPSA) is 55.8 Å². The molecule has 0 amide bonds. The number of aliphatic carboxylic acids is 1. The van der Waals surface area contributed by atoms with Gasteiger partial charge in [0.1, 0.15) is 11.5 Å². The molecule has 0 aliphatic rings. The van der Waals surface area contributed by atoms with Crippen LogP contribution < -0.4 is 9.47 Å². The molecule has 4 heteroatoms. The summed E-state index contributed by atoms with van der Waals surface area (Å²) in [6.45, 7) is 3.94. The number of carboxylic acids is 1. The molecule has 2 rings (SSSR count). The Bertz CT molecular complexity index is 647. The molecule has 1 unspecified atom stereocenters. The van der Waals surface area contributed by atoms with Gasteiger partial charge in [-0.2, -0.15) is 0 Å². The average molecular weight is 314 g/mol. The molecule has 4 nitrogen and oxygen atoms in total. The van der Waals surface area contributed by atoms with E-state index in [1.807, 2.05) is 50.2 Å². The highest BCUT2D eigenvalue weighted by Crippen LogP contribution is 2.30. The number of carbonyl (C=O) groups is 1. The molecule has 0 bridgehead atoms. The van der Waals surface area contributed by atoms with Gasteiger partial charge in [-0.1, -0.05) is 30.3 Å². The van der Waals surface area contributed by atoms with Gasteiger partial charge in [0.25, 0.3) is 0 Å². The third kappa shape index (κ3) is 4.49. The van der Waals surface area contributed by atoms with E-state index in [1.54, 1.807) is 19.2 Å². The third-order valence-electron chi connectivity index (χ3n) is 3.55. The van der Waals surface area contributed by atoms with Crippen molar-refractivity contribution in [2.24, 2.45) is 0 Å². The number of benzene rings is 2. The van der Waals surface area contributed by atoms with Crippen LogP contribution in [-0.4, -0.2) is 24.3 Å². The van der Waals surface area contributed by atoms with E-state index in [-0.39, 0.29) is 6.10 Å². The molecule has 0 aromatic heterocycles. The van der Waals surface area contributed by atoms with E-state index in [0.717, 1.165) is 11.3 Å². The number of methoxy groups -OCH3 is 1. The lowest BCUT2D eigenvalue weighted by molar-refractivity contribution is -0.138.